The lowest BCUT2D eigenvalue weighted by Gasteiger charge is -2.35. The van der Waals surface area contributed by atoms with E-state index in [1.165, 1.54) is 0 Å². The molecule has 0 bridgehead atoms. The van der Waals surface area contributed by atoms with Gasteiger partial charge < -0.3 is 16.0 Å². The number of hydrogen-bond acceptors (Lipinski definition) is 3. The van der Waals surface area contributed by atoms with Crippen LogP contribution in [0.25, 0.3) is 0 Å². The quantitative estimate of drug-likeness (QED) is 0.678. The van der Waals surface area contributed by atoms with Crippen molar-refractivity contribution in [1.29, 1.82) is 0 Å². The largest absolute Gasteiger partial charge is 0.354 e. The van der Waals surface area contributed by atoms with Crippen molar-refractivity contribution < 1.29 is 9.59 Å². The van der Waals surface area contributed by atoms with E-state index in [1.807, 2.05) is 27.7 Å². The average Bonchev–Trinajstić information content (AvgIpc) is 2.43. The lowest BCUT2D eigenvalue weighted by molar-refractivity contribution is -0.134. The molecule has 1 aliphatic rings. The molecule has 20 heavy (non-hydrogen) atoms. The molecule has 1 rings (SSSR count). The summed E-state index contributed by atoms with van der Waals surface area (Å²) in [6.07, 6.45) is 2.17. The first-order chi connectivity index (χ1) is 9.34. The molecule has 0 aliphatic carbocycles. The van der Waals surface area contributed by atoms with Gasteiger partial charge in [0, 0.05) is 12.0 Å². The van der Waals surface area contributed by atoms with Gasteiger partial charge in [-0.3, -0.25) is 9.59 Å². The van der Waals surface area contributed by atoms with Crippen LogP contribution >= 0.6 is 0 Å². The fourth-order valence-corrected chi connectivity index (χ4v) is 2.42. The van der Waals surface area contributed by atoms with E-state index in [0.29, 0.717) is 18.4 Å². The number of piperidine rings is 1. The molecule has 0 saturated carbocycles. The zero-order valence-corrected chi connectivity index (χ0v) is 13.2. The van der Waals surface area contributed by atoms with E-state index in [4.69, 9.17) is 0 Å². The summed E-state index contributed by atoms with van der Waals surface area (Å²) in [5, 5.41) is 8.90. The molecular formula is C15H29N3O2. The van der Waals surface area contributed by atoms with Crippen molar-refractivity contribution in [3.8, 4) is 0 Å². The smallest absolute Gasteiger partial charge is 0.239 e. The molecule has 3 N–H and O–H groups in total. The minimum absolute atomic E-state index is 0.0362. The molecule has 5 nitrogen and oxygen atoms in total. The predicted molar refractivity (Wildman–Crippen MR) is 80.2 cm³/mol. The highest BCUT2D eigenvalue weighted by Crippen LogP contribution is 2.31. The zero-order chi connectivity index (χ0) is 15.2. The Morgan fingerprint density at radius 2 is 2.00 bits per heavy atom. The summed E-state index contributed by atoms with van der Waals surface area (Å²) < 4.78 is 0. The maximum atomic E-state index is 12.3. The molecule has 1 aliphatic heterocycles. The number of carbonyl (C=O) groups is 2. The molecule has 116 valence electrons. The average molecular weight is 283 g/mol. The van der Waals surface area contributed by atoms with Crippen molar-refractivity contribution >= 4 is 11.8 Å². The highest BCUT2D eigenvalue weighted by atomic mass is 16.2. The third kappa shape index (κ3) is 5.12. The maximum absolute atomic E-state index is 12.3. The molecule has 1 heterocycles. The van der Waals surface area contributed by atoms with Crippen LogP contribution in [0.3, 0.4) is 0 Å². The Morgan fingerprint density at radius 1 is 1.30 bits per heavy atom. The summed E-state index contributed by atoms with van der Waals surface area (Å²) in [7, 11) is 0. The molecule has 0 aromatic carbocycles. The third-order valence-corrected chi connectivity index (χ3v) is 4.02. The second-order valence-electron chi connectivity index (χ2n) is 6.65. The van der Waals surface area contributed by atoms with Gasteiger partial charge in [-0.15, -0.1) is 0 Å². The Kier molecular flexibility index (Phi) is 6.46. The first kappa shape index (κ1) is 17.0. The molecule has 0 aromatic rings. The zero-order valence-electron chi connectivity index (χ0n) is 13.2. The number of carbonyl (C=O) groups excluding carboxylic acids is 2. The normalized spacial score (nSPS) is 19.8. The van der Waals surface area contributed by atoms with Crippen LogP contribution in [0.1, 0.15) is 40.5 Å². The van der Waals surface area contributed by atoms with E-state index >= 15 is 0 Å². The van der Waals surface area contributed by atoms with Crippen LogP contribution in [0.4, 0.5) is 0 Å². The summed E-state index contributed by atoms with van der Waals surface area (Å²) in [6.45, 7) is 10.6. The van der Waals surface area contributed by atoms with E-state index in [9.17, 15) is 9.59 Å². The molecule has 2 amide bonds. The fourth-order valence-electron chi connectivity index (χ4n) is 2.42. The Labute approximate surface area is 122 Å². The first-order valence-corrected chi connectivity index (χ1v) is 7.59. The summed E-state index contributed by atoms with van der Waals surface area (Å²) >= 11 is 0. The second kappa shape index (κ2) is 7.62. The molecule has 1 unspecified atom stereocenters. The SMILES string of the molecule is CC(C)CNC(=O)CNC(=O)C(C)(C)C1CCCNC1. The number of nitrogens with one attached hydrogen (secondary N) is 3. The number of hydrogen-bond donors (Lipinski definition) is 3. The monoisotopic (exact) mass is 283 g/mol. The fraction of sp³-hybridized carbons (Fsp3) is 0.867. The van der Waals surface area contributed by atoms with Gasteiger partial charge in [0.25, 0.3) is 0 Å². The summed E-state index contributed by atoms with van der Waals surface area (Å²) in [4.78, 5) is 23.9. The van der Waals surface area contributed by atoms with Gasteiger partial charge in [-0.2, -0.15) is 0 Å². The van der Waals surface area contributed by atoms with Crippen LogP contribution in [0.5, 0.6) is 0 Å². The van der Waals surface area contributed by atoms with Gasteiger partial charge in [-0.05, 0) is 37.8 Å². The maximum Gasteiger partial charge on any atom is 0.239 e. The van der Waals surface area contributed by atoms with Gasteiger partial charge in [-0.1, -0.05) is 27.7 Å². The molecule has 0 spiro atoms. The van der Waals surface area contributed by atoms with Crippen LogP contribution in [0.15, 0.2) is 0 Å². The predicted octanol–water partition coefficient (Wildman–Crippen LogP) is 0.901. The van der Waals surface area contributed by atoms with Gasteiger partial charge >= 0.3 is 0 Å². The first-order valence-electron chi connectivity index (χ1n) is 7.59. The van der Waals surface area contributed by atoms with Crippen LogP contribution in [-0.4, -0.2) is 38.0 Å². The molecule has 1 saturated heterocycles. The summed E-state index contributed by atoms with van der Waals surface area (Å²) in [5.41, 5.74) is -0.439. The van der Waals surface area contributed by atoms with E-state index in [-0.39, 0.29) is 18.4 Å². The molecule has 1 fully saturated rings. The molecule has 0 aromatic heterocycles. The number of amides is 2. The van der Waals surface area contributed by atoms with Crippen molar-refractivity contribution in [3.63, 3.8) is 0 Å². The lowest BCUT2D eigenvalue weighted by Crippen LogP contribution is -2.49. The van der Waals surface area contributed by atoms with Crippen molar-refractivity contribution in [2.75, 3.05) is 26.2 Å². The number of rotatable bonds is 6. The Morgan fingerprint density at radius 3 is 2.55 bits per heavy atom. The van der Waals surface area contributed by atoms with Crippen molar-refractivity contribution in [2.45, 2.75) is 40.5 Å². The lowest BCUT2D eigenvalue weighted by atomic mass is 9.74. The standard InChI is InChI=1S/C15H29N3O2/c1-11(2)8-17-13(19)10-18-14(20)15(3,4)12-6-5-7-16-9-12/h11-12,16H,5-10H2,1-4H3,(H,17,19)(H,18,20). The molecule has 0 radical (unpaired) electrons. The third-order valence-electron chi connectivity index (χ3n) is 4.02. The van der Waals surface area contributed by atoms with Crippen molar-refractivity contribution in [1.82, 2.24) is 16.0 Å². The van der Waals surface area contributed by atoms with E-state index < -0.39 is 5.41 Å². The van der Waals surface area contributed by atoms with Crippen LogP contribution in [0, 0.1) is 17.3 Å². The van der Waals surface area contributed by atoms with Crippen LogP contribution < -0.4 is 16.0 Å². The van der Waals surface area contributed by atoms with Gasteiger partial charge in [0.1, 0.15) is 0 Å². The van der Waals surface area contributed by atoms with Crippen molar-refractivity contribution in [2.24, 2.45) is 17.3 Å². The minimum atomic E-state index is -0.439. The minimum Gasteiger partial charge on any atom is -0.354 e. The van der Waals surface area contributed by atoms with Crippen LogP contribution in [-0.2, 0) is 9.59 Å². The van der Waals surface area contributed by atoms with Gasteiger partial charge in [0.2, 0.25) is 11.8 Å². The van der Waals surface area contributed by atoms with E-state index in [0.717, 1.165) is 25.9 Å². The second-order valence-corrected chi connectivity index (χ2v) is 6.65. The summed E-state index contributed by atoms with van der Waals surface area (Å²) in [6, 6.07) is 0. The topological polar surface area (TPSA) is 70.2 Å². The van der Waals surface area contributed by atoms with E-state index in [2.05, 4.69) is 16.0 Å². The van der Waals surface area contributed by atoms with Gasteiger partial charge in [0.05, 0.1) is 6.54 Å². The van der Waals surface area contributed by atoms with E-state index in [1.54, 1.807) is 0 Å². The van der Waals surface area contributed by atoms with Gasteiger partial charge in [-0.25, -0.2) is 0 Å². The Hall–Kier alpha value is -1.10. The Bertz CT molecular complexity index is 334. The molecule has 5 heteroatoms. The van der Waals surface area contributed by atoms with Crippen molar-refractivity contribution in [3.05, 3.63) is 0 Å². The molecule has 1 atom stereocenters. The summed E-state index contributed by atoms with van der Waals surface area (Å²) in [5.74, 6) is 0.588. The highest BCUT2D eigenvalue weighted by molar-refractivity contribution is 5.87. The molecular weight excluding hydrogens is 254 g/mol. The highest BCUT2D eigenvalue weighted by Gasteiger charge is 2.37. The Balaban J connectivity index is 2.38. The van der Waals surface area contributed by atoms with Gasteiger partial charge in [0.15, 0.2) is 0 Å². The van der Waals surface area contributed by atoms with Crippen LogP contribution in [0.2, 0.25) is 0 Å².